The van der Waals surface area contributed by atoms with Crippen LogP contribution in [-0.2, 0) is 19.1 Å². The molecule has 0 aliphatic carbocycles. The van der Waals surface area contributed by atoms with Crippen molar-refractivity contribution in [2.24, 2.45) is 5.92 Å². The van der Waals surface area contributed by atoms with Crippen LogP contribution in [0.1, 0.15) is 19.8 Å². The highest BCUT2D eigenvalue weighted by Gasteiger charge is 2.39. The molecule has 0 aromatic carbocycles. The quantitative estimate of drug-likeness (QED) is 0.724. The lowest BCUT2D eigenvalue weighted by Gasteiger charge is -2.37. The second kappa shape index (κ2) is 5.81. The molecule has 1 aliphatic heterocycles. The molecule has 1 heterocycles. The lowest BCUT2D eigenvalue weighted by Crippen LogP contribution is -2.54. The summed E-state index contributed by atoms with van der Waals surface area (Å²) in [6.07, 6.45) is -0.370. The Labute approximate surface area is 104 Å². The Hall–Kier alpha value is -1.63. The van der Waals surface area contributed by atoms with E-state index in [9.17, 15) is 14.4 Å². The first-order chi connectivity index (χ1) is 8.38. The maximum absolute atomic E-state index is 12.0. The van der Waals surface area contributed by atoms with Gasteiger partial charge in [-0.05, 0) is 19.8 Å². The van der Waals surface area contributed by atoms with Crippen molar-refractivity contribution in [1.82, 2.24) is 4.90 Å². The first-order valence-electron chi connectivity index (χ1n) is 5.67. The number of aliphatic carboxylic acids is 2. The van der Waals surface area contributed by atoms with Crippen molar-refractivity contribution in [3.8, 4) is 0 Å². The number of hydrogen-bond acceptors (Lipinski definition) is 4. The van der Waals surface area contributed by atoms with E-state index in [0.717, 1.165) is 4.90 Å². The summed E-state index contributed by atoms with van der Waals surface area (Å²) in [5.74, 6) is -3.33. The van der Waals surface area contributed by atoms with Crippen LogP contribution in [0.3, 0.4) is 0 Å². The fraction of sp³-hybridized carbons (Fsp3) is 0.727. The maximum Gasteiger partial charge on any atom is 0.326 e. The van der Waals surface area contributed by atoms with Gasteiger partial charge in [0.1, 0.15) is 12.1 Å². The summed E-state index contributed by atoms with van der Waals surface area (Å²) in [5.41, 5.74) is 0. The van der Waals surface area contributed by atoms with E-state index in [2.05, 4.69) is 0 Å². The van der Waals surface area contributed by atoms with Gasteiger partial charge in [-0.25, -0.2) is 4.79 Å². The summed E-state index contributed by atoms with van der Waals surface area (Å²) >= 11 is 0. The zero-order valence-electron chi connectivity index (χ0n) is 10.3. The first-order valence-corrected chi connectivity index (χ1v) is 5.67. The molecular formula is C11H17NO6. The lowest BCUT2D eigenvalue weighted by atomic mass is 9.92. The van der Waals surface area contributed by atoms with Crippen molar-refractivity contribution >= 4 is 17.8 Å². The second-order valence-corrected chi connectivity index (χ2v) is 4.34. The number of methoxy groups -OCH3 is 1. The van der Waals surface area contributed by atoms with E-state index in [4.69, 9.17) is 14.9 Å². The van der Waals surface area contributed by atoms with E-state index in [-0.39, 0.29) is 19.4 Å². The molecule has 1 saturated heterocycles. The van der Waals surface area contributed by atoms with Crippen LogP contribution in [0.25, 0.3) is 0 Å². The Bertz CT molecular complexity index is 355. The highest BCUT2D eigenvalue weighted by Crippen LogP contribution is 2.23. The van der Waals surface area contributed by atoms with Crippen LogP contribution in [0.4, 0.5) is 0 Å². The molecule has 3 atom stereocenters. The van der Waals surface area contributed by atoms with Gasteiger partial charge >= 0.3 is 11.9 Å². The molecule has 1 amide bonds. The molecule has 7 nitrogen and oxygen atoms in total. The number of carbonyl (C=O) groups excluding carboxylic acids is 1. The van der Waals surface area contributed by atoms with Gasteiger partial charge in [0, 0.05) is 13.7 Å². The number of amides is 1. The molecule has 0 aromatic heterocycles. The molecule has 1 fully saturated rings. The number of rotatable bonds is 4. The van der Waals surface area contributed by atoms with Crippen molar-refractivity contribution in [1.29, 1.82) is 0 Å². The third-order valence-corrected chi connectivity index (χ3v) is 3.20. The van der Waals surface area contributed by atoms with Crippen LogP contribution in [0.2, 0.25) is 0 Å². The van der Waals surface area contributed by atoms with E-state index in [1.807, 2.05) is 0 Å². The maximum atomic E-state index is 12.0. The molecule has 7 heteroatoms. The second-order valence-electron chi connectivity index (χ2n) is 4.34. The summed E-state index contributed by atoms with van der Waals surface area (Å²) in [5, 5.41) is 18.0. The van der Waals surface area contributed by atoms with Crippen molar-refractivity contribution in [2.45, 2.75) is 31.9 Å². The number of likely N-dealkylation sites (tertiary alicyclic amines) is 1. The standard InChI is InChI=1S/C11H17NO6/c1-6(18-2)9(13)12-5-7(10(14)15)3-4-8(12)11(16)17/h6-8H,3-5H2,1-2H3,(H,14,15)(H,16,17). The van der Waals surface area contributed by atoms with Gasteiger partial charge in [0.2, 0.25) is 0 Å². The third kappa shape index (κ3) is 2.98. The van der Waals surface area contributed by atoms with Crippen LogP contribution >= 0.6 is 0 Å². The van der Waals surface area contributed by atoms with Crippen LogP contribution in [0.15, 0.2) is 0 Å². The van der Waals surface area contributed by atoms with Gasteiger partial charge in [-0.2, -0.15) is 0 Å². The van der Waals surface area contributed by atoms with E-state index >= 15 is 0 Å². The fourth-order valence-electron chi connectivity index (χ4n) is 2.01. The average Bonchev–Trinajstić information content (AvgIpc) is 2.35. The average molecular weight is 259 g/mol. The number of piperidine rings is 1. The van der Waals surface area contributed by atoms with E-state index in [0.29, 0.717) is 0 Å². The Balaban J connectivity index is 2.87. The van der Waals surface area contributed by atoms with Crippen LogP contribution in [0.5, 0.6) is 0 Å². The molecule has 102 valence electrons. The van der Waals surface area contributed by atoms with Crippen LogP contribution in [0, 0.1) is 5.92 Å². The SMILES string of the molecule is COC(C)C(=O)N1CC(C(=O)O)CCC1C(=O)O. The molecule has 0 radical (unpaired) electrons. The molecule has 1 aliphatic rings. The molecule has 0 saturated carbocycles. The van der Waals surface area contributed by atoms with Gasteiger partial charge in [0.25, 0.3) is 5.91 Å². The highest BCUT2D eigenvalue weighted by atomic mass is 16.5. The van der Waals surface area contributed by atoms with E-state index in [1.54, 1.807) is 0 Å². The van der Waals surface area contributed by atoms with Crippen LogP contribution in [-0.4, -0.2) is 58.8 Å². The molecule has 0 aromatic rings. The zero-order valence-corrected chi connectivity index (χ0v) is 10.3. The summed E-state index contributed by atoms with van der Waals surface area (Å²) in [6.45, 7) is 1.42. The monoisotopic (exact) mass is 259 g/mol. The largest absolute Gasteiger partial charge is 0.481 e. The smallest absolute Gasteiger partial charge is 0.326 e. The molecule has 0 bridgehead atoms. The Morgan fingerprint density at radius 3 is 2.28 bits per heavy atom. The summed E-state index contributed by atoms with van der Waals surface area (Å²) in [4.78, 5) is 35.0. The number of nitrogens with zero attached hydrogens (tertiary/aromatic N) is 1. The predicted octanol–water partition coefficient (Wildman–Crippen LogP) is -0.202. The van der Waals surface area contributed by atoms with Crippen LogP contribution < -0.4 is 0 Å². The number of carboxylic acid groups (broad SMARTS) is 2. The number of ether oxygens (including phenoxy) is 1. The summed E-state index contributed by atoms with van der Waals surface area (Å²) in [6, 6.07) is -0.967. The lowest BCUT2D eigenvalue weighted by molar-refractivity contribution is -0.161. The predicted molar refractivity (Wildman–Crippen MR) is 60.0 cm³/mol. The normalized spacial score (nSPS) is 25.6. The van der Waals surface area contributed by atoms with Crippen molar-refractivity contribution < 1.29 is 29.3 Å². The van der Waals surface area contributed by atoms with Crippen molar-refractivity contribution in [2.75, 3.05) is 13.7 Å². The molecule has 3 unspecified atom stereocenters. The van der Waals surface area contributed by atoms with Gasteiger partial charge < -0.3 is 19.8 Å². The van der Waals surface area contributed by atoms with E-state index < -0.39 is 35.9 Å². The minimum atomic E-state index is -1.12. The number of carbonyl (C=O) groups is 3. The van der Waals surface area contributed by atoms with Gasteiger partial charge in [0.15, 0.2) is 0 Å². The topological polar surface area (TPSA) is 104 Å². The minimum Gasteiger partial charge on any atom is -0.481 e. The van der Waals surface area contributed by atoms with Gasteiger partial charge in [-0.3, -0.25) is 9.59 Å². The minimum absolute atomic E-state index is 0.0845. The molecule has 1 rings (SSSR count). The molecule has 2 N–H and O–H groups in total. The van der Waals surface area contributed by atoms with Gasteiger partial charge in [-0.1, -0.05) is 0 Å². The number of carboxylic acids is 2. The molecule has 0 spiro atoms. The Morgan fingerprint density at radius 2 is 1.83 bits per heavy atom. The van der Waals surface area contributed by atoms with E-state index in [1.165, 1.54) is 14.0 Å². The fourth-order valence-corrected chi connectivity index (χ4v) is 2.01. The van der Waals surface area contributed by atoms with Crippen molar-refractivity contribution in [3.05, 3.63) is 0 Å². The zero-order chi connectivity index (χ0) is 13.9. The first kappa shape index (κ1) is 14.4. The molecular weight excluding hydrogens is 242 g/mol. The summed E-state index contributed by atoms with van der Waals surface area (Å²) in [7, 11) is 1.34. The van der Waals surface area contributed by atoms with Gasteiger partial charge in [0.05, 0.1) is 5.92 Å². The third-order valence-electron chi connectivity index (χ3n) is 3.20. The Morgan fingerprint density at radius 1 is 1.22 bits per heavy atom. The van der Waals surface area contributed by atoms with Gasteiger partial charge in [-0.15, -0.1) is 0 Å². The summed E-state index contributed by atoms with van der Waals surface area (Å²) < 4.78 is 4.86. The highest BCUT2D eigenvalue weighted by molar-refractivity contribution is 5.87. The number of hydrogen-bond donors (Lipinski definition) is 2. The van der Waals surface area contributed by atoms with Crippen molar-refractivity contribution in [3.63, 3.8) is 0 Å². The Kier molecular flexibility index (Phi) is 4.66. The molecule has 18 heavy (non-hydrogen) atoms.